The van der Waals surface area contributed by atoms with Gasteiger partial charge in [0.1, 0.15) is 0 Å². The van der Waals surface area contributed by atoms with E-state index in [1.165, 1.54) is 11.3 Å². The highest BCUT2D eigenvalue weighted by Gasteiger charge is 2.07. The van der Waals surface area contributed by atoms with Crippen LogP contribution in [0.2, 0.25) is 0 Å². The molecule has 0 unspecified atom stereocenters. The molecule has 0 fully saturated rings. The summed E-state index contributed by atoms with van der Waals surface area (Å²) >= 11 is 1.46. The molecule has 0 bridgehead atoms. The van der Waals surface area contributed by atoms with Crippen molar-refractivity contribution in [3.63, 3.8) is 0 Å². The summed E-state index contributed by atoms with van der Waals surface area (Å²) < 4.78 is 0. The summed E-state index contributed by atoms with van der Waals surface area (Å²) in [4.78, 5) is 12.1. The summed E-state index contributed by atoms with van der Waals surface area (Å²) in [5.74, 6) is -0.0117. The Labute approximate surface area is 75.9 Å². The maximum absolute atomic E-state index is 11.3. The Balaban J connectivity index is 2.65. The van der Waals surface area contributed by atoms with Crippen LogP contribution < -0.4 is 5.32 Å². The first-order valence-electron chi connectivity index (χ1n) is 3.69. The van der Waals surface area contributed by atoms with Crippen LogP contribution in [-0.2, 0) is 0 Å². The molecule has 0 radical (unpaired) electrons. The fraction of sp³-hybridized carbons (Fsp3) is 0.222. The monoisotopic (exact) mass is 181 g/mol. The lowest BCUT2D eigenvalue weighted by molar-refractivity contribution is 0.0961. The maximum atomic E-state index is 11.3. The highest BCUT2D eigenvalue weighted by Crippen LogP contribution is 2.14. The zero-order valence-electron chi connectivity index (χ0n) is 6.96. The zero-order chi connectivity index (χ0) is 8.97. The van der Waals surface area contributed by atoms with Gasteiger partial charge in [0.2, 0.25) is 0 Å². The Hall–Kier alpha value is -1.09. The van der Waals surface area contributed by atoms with Gasteiger partial charge in [-0.25, -0.2) is 0 Å². The molecule has 1 aromatic rings. The number of nitrogens with one attached hydrogen (secondary N) is 1. The molecule has 0 spiro atoms. The van der Waals surface area contributed by atoms with E-state index in [1.807, 2.05) is 18.4 Å². The number of hydrogen-bond donors (Lipinski definition) is 1. The molecule has 64 valence electrons. The standard InChI is InChI=1S/C9H11NOS/c1-3-5-10-9(11)8-7(2)4-6-12-8/h3-4,6H,1,5H2,2H3,(H,10,11). The van der Waals surface area contributed by atoms with E-state index >= 15 is 0 Å². The van der Waals surface area contributed by atoms with Gasteiger partial charge in [-0.05, 0) is 23.9 Å². The van der Waals surface area contributed by atoms with Crippen molar-refractivity contribution >= 4 is 17.2 Å². The second kappa shape index (κ2) is 4.07. The first kappa shape index (κ1) is 9.00. The van der Waals surface area contributed by atoms with Gasteiger partial charge in [0.05, 0.1) is 4.88 Å². The Morgan fingerprint density at radius 3 is 3.08 bits per heavy atom. The van der Waals surface area contributed by atoms with Crippen molar-refractivity contribution in [1.29, 1.82) is 0 Å². The number of thiophene rings is 1. The summed E-state index contributed by atoms with van der Waals surface area (Å²) in [5, 5.41) is 4.64. The van der Waals surface area contributed by atoms with Gasteiger partial charge in [0, 0.05) is 6.54 Å². The summed E-state index contributed by atoms with van der Waals surface area (Å²) in [5.41, 5.74) is 1.03. The molecule has 1 aromatic heterocycles. The molecule has 0 aliphatic rings. The second-order valence-electron chi connectivity index (χ2n) is 2.43. The van der Waals surface area contributed by atoms with Crippen LogP contribution in [0.1, 0.15) is 15.2 Å². The van der Waals surface area contributed by atoms with Gasteiger partial charge < -0.3 is 5.32 Å². The Morgan fingerprint density at radius 1 is 1.83 bits per heavy atom. The van der Waals surface area contributed by atoms with Crippen molar-refractivity contribution in [2.45, 2.75) is 6.92 Å². The van der Waals surface area contributed by atoms with Crippen LogP contribution in [0.5, 0.6) is 0 Å². The first-order valence-corrected chi connectivity index (χ1v) is 4.57. The predicted molar refractivity (Wildman–Crippen MR) is 51.6 cm³/mol. The first-order chi connectivity index (χ1) is 5.75. The van der Waals surface area contributed by atoms with E-state index in [0.29, 0.717) is 6.54 Å². The van der Waals surface area contributed by atoms with Crippen molar-refractivity contribution in [3.05, 3.63) is 34.5 Å². The largest absolute Gasteiger partial charge is 0.348 e. The molecule has 3 heteroatoms. The fourth-order valence-electron chi connectivity index (χ4n) is 0.851. The lowest BCUT2D eigenvalue weighted by Gasteiger charge is -1.99. The van der Waals surface area contributed by atoms with Crippen LogP contribution in [0.15, 0.2) is 24.1 Å². The molecule has 0 saturated carbocycles. The molecule has 1 heterocycles. The average molecular weight is 181 g/mol. The van der Waals surface area contributed by atoms with E-state index in [4.69, 9.17) is 0 Å². The molecule has 0 saturated heterocycles. The third-order valence-electron chi connectivity index (χ3n) is 1.48. The van der Waals surface area contributed by atoms with Gasteiger partial charge in [-0.15, -0.1) is 17.9 Å². The molecular formula is C9H11NOS. The predicted octanol–water partition coefficient (Wildman–Crippen LogP) is 1.97. The molecule has 0 aliphatic carbocycles. The minimum Gasteiger partial charge on any atom is -0.348 e. The molecule has 0 aromatic carbocycles. The van der Waals surface area contributed by atoms with Gasteiger partial charge in [-0.3, -0.25) is 4.79 Å². The second-order valence-corrected chi connectivity index (χ2v) is 3.35. The lowest BCUT2D eigenvalue weighted by atomic mass is 10.3. The minimum atomic E-state index is -0.0117. The van der Waals surface area contributed by atoms with Crippen LogP contribution in [0.4, 0.5) is 0 Å². The Bertz CT molecular complexity index is 290. The van der Waals surface area contributed by atoms with Crippen molar-refractivity contribution in [2.24, 2.45) is 0 Å². The minimum absolute atomic E-state index is 0.0117. The van der Waals surface area contributed by atoms with Gasteiger partial charge in [0.15, 0.2) is 0 Å². The van der Waals surface area contributed by atoms with Crippen LogP contribution >= 0.6 is 11.3 Å². The fourth-order valence-corrected chi connectivity index (χ4v) is 1.69. The van der Waals surface area contributed by atoms with Crippen molar-refractivity contribution in [1.82, 2.24) is 5.32 Å². The van der Waals surface area contributed by atoms with Gasteiger partial charge in [0.25, 0.3) is 5.91 Å². The molecule has 1 amide bonds. The third-order valence-corrected chi connectivity index (χ3v) is 2.49. The Morgan fingerprint density at radius 2 is 2.58 bits per heavy atom. The number of aryl methyl sites for hydroxylation is 1. The summed E-state index contributed by atoms with van der Waals surface area (Å²) in [6.07, 6.45) is 1.67. The summed E-state index contributed by atoms with van der Waals surface area (Å²) in [7, 11) is 0. The van der Waals surface area contributed by atoms with E-state index < -0.39 is 0 Å². The zero-order valence-corrected chi connectivity index (χ0v) is 7.78. The topological polar surface area (TPSA) is 29.1 Å². The molecule has 1 rings (SSSR count). The number of rotatable bonds is 3. The molecule has 0 atom stereocenters. The van der Waals surface area contributed by atoms with Crippen LogP contribution in [0, 0.1) is 6.92 Å². The number of carbonyl (C=O) groups excluding carboxylic acids is 1. The van der Waals surface area contributed by atoms with Gasteiger partial charge in [-0.1, -0.05) is 6.08 Å². The molecule has 0 aliphatic heterocycles. The molecule has 12 heavy (non-hydrogen) atoms. The maximum Gasteiger partial charge on any atom is 0.261 e. The molecule has 1 N–H and O–H groups in total. The Kier molecular flexibility index (Phi) is 3.05. The summed E-state index contributed by atoms with van der Waals surface area (Å²) in [6.45, 7) is 5.98. The van der Waals surface area contributed by atoms with Crippen LogP contribution in [-0.4, -0.2) is 12.5 Å². The summed E-state index contributed by atoms with van der Waals surface area (Å²) in [6, 6.07) is 1.94. The van der Waals surface area contributed by atoms with Gasteiger partial charge in [-0.2, -0.15) is 0 Å². The van der Waals surface area contributed by atoms with Crippen molar-refractivity contribution in [3.8, 4) is 0 Å². The van der Waals surface area contributed by atoms with E-state index in [9.17, 15) is 4.79 Å². The number of hydrogen-bond acceptors (Lipinski definition) is 2. The van der Waals surface area contributed by atoms with Gasteiger partial charge >= 0.3 is 0 Å². The van der Waals surface area contributed by atoms with Crippen LogP contribution in [0.25, 0.3) is 0 Å². The quantitative estimate of drug-likeness (QED) is 0.710. The highest BCUT2D eigenvalue weighted by molar-refractivity contribution is 7.12. The highest BCUT2D eigenvalue weighted by atomic mass is 32.1. The number of amides is 1. The smallest absolute Gasteiger partial charge is 0.261 e. The third kappa shape index (κ3) is 1.95. The molecule has 2 nitrogen and oxygen atoms in total. The molecular weight excluding hydrogens is 170 g/mol. The van der Waals surface area contributed by atoms with E-state index in [-0.39, 0.29) is 5.91 Å². The van der Waals surface area contributed by atoms with Crippen LogP contribution in [0.3, 0.4) is 0 Å². The van der Waals surface area contributed by atoms with Crippen molar-refractivity contribution in [2.75, 3.05) is 6.54 Å². The normalized spacial score (nSPS) is 9.42. The van der Waals surface area contributed by atoms with Crippen molar-refractivity contribution < 1.29 is 4.79 Å². The SMILES string of the molecule is C=CCNC(=O)c1sccc1C. The van der Waals surface area contributed by atoms with E-state index in [0.717, 1.165) is 10.4 Å². The average Bonchev–Trinajstić information content (AvgIpc) is 2.47. The van der Waals surface area contributed by atoms with E-state index in [1.54, 1.807) is 6.08 Å². The van der Waals surface area contributed by atoms with E-state index in [2.05, 4.69) is 11.9 Å². The number of carbonyl (C=O) groups is 1. The lowest BCUT2D eigenvalue weighted by Crippen LogP contribution is -2.22.